The normalized spacial score (nSPS) is 14.5. The van der Waals surface area contributed by atoms with Crippen LogP contribution in [0, 0.1) is 0 Å². The highest BCUT2D eigenvalue weighted by Gasteiger charge is 2.38. The number of aromatic nitrogens is 2. The van der Waals surface area contributed by atoms with Gasteiger partial charge in [-0.15, -0.1) is 0 Å². The van der Waals surface area contributed by atoms with E-state index in [0.29, 0.717) is 6.17 Å². The van der Waals surface area contributed by atoms with Gasteiger partial charge in [-0.1, -0.05) is 31.4 Å². The molecule has 0 bridgehead atoms. The van der Waals surface area contributed by atoms with Crippen LogP contribution in [0.2, 0.25) is 0 Å². The van der Waals surface area contributed by atoms with Crippen molar-refractivity contribution in [3.05, 3.63) is 49.1 Å². The van der Waals surface area contributed by atoms with Crippen LogP contribution in [0.1, 0.15) is 6.17 Å². The van der Waals surface area contributed by atoms with Crippen LogP contribution in [-0.4, -0.2) is 9.36 Å². The quantitative estimate of drug-likeness (QED) is 0.613. The van der Waals surface area contributed by atoms with Gasteiger partial charge in [0, 0.05) is 0 Å². The van der Waals surface area contributed by atoms with Gasteiger partial charge in [-0.05, 0) is 17.7 Å². The van der Waals surface area contributed by atoms with Gasteiger partial charge in [0.05, 0.1) is 11.0 Å². The summed E-state index contributed by atoms with van der Waals surface area (Å²) in [7, 11) is 0. The zero-order valence-electron chi connectivity index (χ0n) is 7.27. The molecule has 0 aliphatic carbocycles. The summed E-state index contributed by atoms with van der Waals surface area (Å²) in [4.78, 5) is 0. The average Bonchev–Trinajstić information content (AvgIpc) is 2.82. The first-order valence-corrected chi connectivity index (χ1v) is 4.33. The molecule has 0 fully saturated rings. The van der Waals surface area contributed by atoms with Crippen LogP contribution in [0.3, 0.4) is 0 Å². The second-order valence-corrected chi connectivity index (χ2v) is 3.33. The maximum absolute atomic E-state index is 3.96. The summed E-state index contributed by atoms with van der Waals surface area (Å²) in [5.74, 6) is 0. The Morgan fingerprint density at radius 2 is 1.77 bits per heavy atom. The van der Waals surface area contributed by atoms with Crippen LogP contribution in [-0.2, 0) is 0 Å². The molecule has 2 heterocycles. The molecule has 0 spiro atoms. The van der Waals surface area contributed by atoms with Crippen LogP contribution in [0.5, 0.6) is 0 Å². The third kappa shape index (κ3) is 0.640. The molecular formula is C11H10N2. The van der Waals surface area contributed by atoms with Crippen molar-refractivity contribution >= 4 is 11.0 Å². The third-order valence-electron chi connectivity index (χ3n) is 2.61. The predicted molar refractivity (Wildman–Crippen MR) is 53.7 cm³/mol. The summed E-state index contributed by atoms with van der Waals surface area (Å²) in [6.45, 7) is 7.69. The lowest BCUT2D eigenvalue weighted by Gasteiger charge is -1.97. The number of para-hydroxylation sites is 2. The minimum atomic E-state index is 0.342. The summed E-state index contributed by atoms with van der Waals surface area (Å²) in [6.07, 6.45) is 2.17. The van der Waals surface area contributed by atoms with Gasteiger partial charge < -0.3 is 0 Å². The van der Waals surface area contributed by atoms with E-state index in [1.807, 2.05) is 6.08 Å². The van der Waals surface area contributed by atoms with E-state index in [0.717, 1.165) is 5.57 Å². The fourth-order valence-electron chi connectivity index (χ4n) is 1.89. The molecule has 0 saturated heterocycles. The minimum absolute atomic E-state index is 0.342. The van der Waals surface area contributed by atoms with Crippen LogP contribution < -0.4 is 0 Å². The van der Waals surface area contributed by atoms with Gasteiger partial charge in [0.2, 0.25) is 0 Å². The Morgan fingerprint density at radius 3 is 2.23 bits per heavy atom. The molecule has 0 amide bonds. The number of nitrogens with zero attached hydrogens (tertiary/aromatic N) is 2. The molecule has 0 unspecified atom stereocenters. The Kier molecular flexibility index (Phi) is 1.02. The van der Waals surface area contributed by atoms with Crippen molar-refractivity contribution in [1.82, 2.24) is 9.36 Å². The standard InChI is InChI=1S/C11H10N2/c1-3-8(2)11-12-9-6-4-5-7-10(9)13(11)12/h3-7,11H,1-2H2. The second-order valence-electron chi connectivity index (χ2n) is 3.33. The van der Waals surface area contributed by atoms with Crippen LogP contribution in [0.15, 0.2) is 49.1 Å². The Hall–Kier alpha value is -1.70. The van der Waals surface area contributed by atoms with E-state index in [9.17, 15) is 0 Å². The van der Waals surface area contributed by atoms with Crippen LogP contribution >= 0.6 is 0 Å². The minimum Gasteiger partial charge on any atom is -0.252 e. The number of benzene rings is 1. The molecule has 2 nitrogen and oxygen atoms in total. The fourth-order valence-corrected chi connectivity index (χ4v) is 1.89. The summed E-state index contributed by atoms with van der Waals surface area (Å²) < 4.78 is 4.44. The zero-order valence-corrected chi connectivity index (χ0v) is 7.27. The van der Waals surface area contributed by atoms with Crippen molar-refractivity contribution in [2.45, 2.75) is 6.17 Å². The first-order chi connectivity index (χ1) is 6.34. The largest absolute Gasteiger partial charge is 0.252 e. The van der Waals surface area contributed by atoms with Gasteiger partial charge in [0.1, 0.15) is 0 Å². The zero-order chi connectivity index (χ0) is 9.00. The maximum Gasteiger partial charge on any atom is 0.166 e. The lowest BCUT2D eigenvalue weighted by Crippen LogP contribution is -1.87. The number of hydrogen-bond acceptors (Lipinski definition) is 0. The number of hydrogen-bond donors (Lipinski definition) is 0. The van der Waals surface area contributed by atoms with E-state index >= 15 is 0 Å². The highest BCUT2D eigenvalue weighted by atomic mass is 15.7. The molecule has 0 atom stereocenters. The summed E-state index contributed by atoms with van der Waals surface area (Å²) in [6, 6.07) is 8.37. The highest BCUT2D eigenvalue weighted by Crippen LogP contribution is 2.42. The van der Waals surface area contributed by atoms with Crippen molar-refractivity contribution in [2.24, 2.45) is 0 Å². The average molecular weight is 170 g/mol. The molecule has 0 radical (unpaired) electrons. The van der Waals surface area contributed by atoms with Crippen molar-refractivity contribution in [3.8, 4) is 0 Å². The van der Waals surface area contributed by atoms with E-state index in [-0.39, 0.29) is 0 Å². The van der Waals surface area contributed by atoms with Crippen LogP contribution in [0.4, 0.5) is 0 Å². The van der Waals surface area contributed by atoms with Crippen molar-refractivity contribution in [2.75, 3.05) is 0 Å². The lowest BCUT2D eigenvalue weighted by molar-refractivity contribution is 0.984. The molecule has 2 heteroatoms. The number of rotatable bonds is 2. The van der Waals surface area contributed by atoms with Gasteiger partial charge in [-0.2, -0.15) is 0 Å². The van der Waals surface area contributed by atoms with Gasteiger partial charge in [-0.3, -0.25) is 9.36 Å². The molecular weight excluding hydrogens is 160 g/mol. The molecule has 64 valence electrons. The van der Waals surface area contributed by atoms with E-state index < -0.39 is 0 Å². The monoisotopic (exact) mass is 170 g/mol. The van der Waals surface area contributed by atoms with Crippen molar-refractivity contribution < 1.29 is 0 Å². The Bertz CT molecular complexity index is 476. The maximum atomic E-state index is 3.96. The van der Waals surface area contributed by atoms with Gasteiger partial charge in [-0.25, -0.2) is 0 Å². The molecule has 0 N–H and O–H groups in total. The molecule has 13 heavy (non-hydrogen) atoms. The summed E-state index contributed by atoms with van der Waals surface area (Å²) >= 11 is 0. The predicted octanol–water partition coefficient (Wildman–Crippen LogP) is 2.55. The van der Waals surface area contributed by atoms with E-state index in [1.54, 1.807) is 0 Å². The van der Waals surface area contributed by atoms with Gasteiger partial charge in [0.15, 0.2) is 6.17 Å². The molecule has 0 saturated carbocycles. The fraction of sp³-hybridized carbons (Fsp3) is 0.0909. The van der Waals surface area contributed by atoms with E-state index in [2.05, 4.69) is 46.8 Å². The molecule has 3 rings (SSSR count). The molecule has 1 aromatic carbocycles. The molecule has 1 aromatic heterocycles. The van der Waals surface area contributed by atoms with Gasteiger partial charge >= 0.3 is 0 Å². The smallest absolute Gasteiger partial charge is 0.166 e. The Morgan fingerprint density at radius 1 is 1.23 bits per heavy atom. The van der Waals surface area contributed by atoms with Crippen LogP contribution in [0.25, 0.3) is 11.0 Å². The first kappa shape index (κ1) is 6.78. The lowest BCUT2D eigenvalue weighted by atomic mass is 10.3. The Labute approximate surface area is 76.4 Å². The van der Waals surface area contributed by atoms with E-state index in [4.69, 9.17) is 0 Å². The summed E-state index contributed by atoms with van der Waals surface area (Å²) in [5.41, 5.74) is 3.67. The van der Waals surface area contributed by atoms with Crippen molar-refractivity contribution in [3.63, 3.8) is 0 Å². The second kappa shape index (κ2) is 1.96. The summed E-state index contributed by atoms with van der Waals surface area (Å²) in [5, 5.41) is 0. The highest BCUT2D eigenvalue weighted by molar-refractivity contribution is 5.82. The topological polar surface area (TPSA) is 9.86 Å². The van der Waals surface area contributed by atoms with Gasteiger partial charge in [0.25, 0.3) is 0 Å². The molecule has 2 aromatic rings. The number of fused-ring (bicyclic) bond motifs is 4. The van der Waals surface area contributed by atoms with E-state index in [1.165, 1.54) is 11.0 Å². The molecule has 1 aliphatic heterocycles. The van der Waals surface area contributed by atoms with Crippen molar-refractivity contribution in [1.29, 1.82) is 0 Å². The SMILES string of the molecule is C=CC(=C)C1n2c3ccccc3n21. The Balaban J connectivity index is 2.12. The first-order valence-electron chi connectivity index (χ1n) is 4.33. The number of allylic oxidation sites excluding steroid dienone is 2. The molecule has 1 aliphatic rings. The third-order valence-corrected chi connectivity index (χ3v) is 2.61.